The summed E-state index contributed by atoms with van der Waals surface area (Å²) in [6.45, 7) is -0.302. The third kappa shape index (κ3) is 6.08. The molecule has 0 unspecified atom stereocenters. The van der Waals surface area contributed by atoms with Crippen molar-refractivity contribution in [3.63, 3.8) is 0 Å². The van der Waals surface area contributed by atoms with E-state index in [9.17, 15) is 19.7 Å². The van der Waals surface area contributed by atoms with Gasteiger partial charge in [0.25, 0.3) is 5.69 Å². The predicted molar refractivity (Wildman–Crippen MR) is 95.7 cm³/mol. The maximum atomic E-state index is 12.3. The number of non-ortho nitro benzene ring substituents is 1. The van der Waals surface area contributed by atoms with E-state index in [1.807, 2.05) is 6.07 Å². The van der Waals surface area contributed by atoms with Crippen LogP contribution in [0.15, 0.2) is 54.6 Å². The molecule has 0 saturated heterocycles. The summed E-state index contributed by atoms with van der Waals surface area (Å²) in [4.78, 5) is 34.8. The molecule has 0 aliphatic carbocycles. The summed E-state index contributed by atoms with van der Waals surface area (Å²) in [6, 6.07) is 13.1. The number of nitro groups is 1. The molecule has 0 fully saturated rings. The zero-order valence-electron chi connectivity index (χ0n) is 14.3. The molecule has 0 aliphatic rings. The molecule has 0 spiro atoms. The molecule has 9 nitrogen and oxygen atoms in total. The van der Waals surface area contributed by atoms with Gasteiger partial charge in [-0.1, -0.05) is 42.5 Å². The van der Waals surface area contributed by atoms with Crippen LogP contribution in [0.5, 0.6) is 0 Å². The lowest BCUT2D eigenvalue weighted by molar-refractivity contribution is -0.384. The molecule has 0 saturated carbocycles. The summed E-state index contributed by atoms with van der Waals surface area (Å²) in [7, 11) is 0. The second-order valence-corrected chi connectivity index (χ2v) is 5.51. The van der Waals surface area contributed by atoms with Crippen molar-refractivity contribution in [1.29, 1.82) is 0 Å². The van der Waals surface area contributed by atoms with Crippen LogP contribution >= 0.6 is 0 Å². The number of benzene rings is 2. The molecule has 0 heterocycles. The number of aliphatic hydroxyl groups is 1. The summed E-state index contributed by atoms with van der Waals surface area (Å²) < 4.78 is 5.10. The van der Waals surface area contributed by atoms with Gasteiger partial charge >= 0.3 is 6.09 Å². The molecule has 2 aromatic rings. The van der Waals surface area contributed by atoms with Crippen LogP contribution in [0.4, 0.5) is 10.5 Å². The second kappa shape index (κ2) is 9.88. The highest BCUT2D eigenvalue weighted by Gasteiger charge is 2.24. The van der Waals surface area contributed by atoms with Gasteiger partial charge in [0.2, 0.25) is 5.91 Å². The molecule has 1 atom stereocenters. The molecule has 3 N–H and O–H groups in total. The van der Waals surface area contributed by atoms with Crippen molar-refractivity contribution in [2.24, 2.45) is 0 Å². The van der Waals surface area contributed by atoms with E-state index in [1.165, 1.54) is 24.3 Å². The van der Waals surface area contributed by atoms with Gasteiger partial charge in [-0.05, 0) is 11.1 Å². The van der Waals surface area contributed by atoms with E-state index >= 15 is 0 Å². The van der Waals surface area contributed by atoms with E-state index < -0.39 is 23.0 Å². The van der Waals surface area contributed by atoms with E-state index in [2.05, 4.69) is 10.6 Å². The Morgan fingerprint density at radius 1 is 1.15 bits per heavy atom. The number of hydrogen-bond acceptors (Lipinski definition) is 6. The molecule has 2 amide bonds. The Labute approximate surface area is 155 Å². The largest absolute Gasteiger partial charge is 0.445 e. The van der Waals surface area contributed by atoms with Crippen LogP contribution in [0, 0.1) is 10.1 Å². The number of hydrogen-bond donors (Lipinski definition) is 3. The van der Waals surface area contributed by atoms with E-state index in [1.54, 1.807) is 24.3 Å². The zero-order valence-corrected chi connectivity index (χ0v) is 14.3. The van der Waals surface area contributed by atoms with Gasteiger partial charge in [0.15, 0.2) is 0 Å². The van der Waals surface area contributed by atoms with Crippen LogP contribution in [0.3, 0.4) is 0 Å². The first-order chi connectivity index (χ1) is 13.0. The molecule has 9 heteroatoms. The Morgan fingerprint density at radius 3 is 2.56 bits per heavy atom. The normalized spacial score (nSPS) is 11.3. The number of aliphatic hydroxyl groups excluding tert-OH is 1. The number of ether oxygens (including phenoxy) is 1. The highest BCUT2D eigenvalue weighted by atomic mass is 16.6. The van der Waals surface area contributed by atoms with Crippen LogP contribution in [0.1, 0.15) is 17.2 Å². The molecule has 2 rings (SSSR count). The summed E-state index contributed by atoms with van der Waals surface area (Å²) >= 11 is 0. The number of nitrogens with one attached hydrogen (secondary N) is 2. The van der Waals surface area contributed by atoms with Crippen molar-refractivity contribution in [3.8, 4) is 0 Å². The number of rotatable bonds is 8. The first-order valence-corrected chi connectivity index (χ1v) is 8.11. The zero-order chi connectivity index (χ0) is 19.6. The van der Waals surface area contributed by atoms with E-state index in [4.69, 9.17) is 9.84 Å². The van der Waals surface area contributed by atoms with Crippen molar-refractivity contribution >= 4 is 17.7 Å². The Bertz CT molecular complexity index is 797. The predicted octanol–water partition coefficient (Wildman–Crippen LogP) is 1.67. The van der Waals surface area contributed by atoms with Gasteiger partial charge < -0.3 is 20.5 Å². The highest BCUT2D eigenvalue weighted by molar-refractivity contribution is 5.87. The quantitative estimate of drug-likeness (QED) is 0.476. The summed E-state index contributed by atoms with van der Waals surface area (Å²) in [5.41, 5.74) is 0.771. The van der Waals surface area contributed by atoms with E-state index in [0.717, 1.165) is 5.56 Å². The van der Waals surface area contributed by atoms with Gasteiger partial charge in [-0.15, -0.1) is 0 Å². The van der Waals surface area contributed by atoms with Crippen LogP contribution in [0.25, 0.3) is 0 Å². The molecule has 142 valence electrons. The molecule has 0 bridgehead atoms. The Hall–Kier alpha value is -3.46. The molecular weight excluding hydrogens is 354 g/mol. The minimum absolute atomic E-state index is 0.00654. The van der Waals surface area contributed by atoms with Crippen LogP contribution < -0.4 is 10.6 Å². The number of carbonyl (C=O) groups excluding carboxylic acids is 2. The minimum Gasteiger partial charge on any atom is -0.445 e. The smallest absolute Gasteiger partial charge is 0.408 e. The third-order valence-electron chi connectivity index (χ3n) is 3.56. The number of nitro benzene ring substituents is 1. The van der Waals surface area contributed by atoms with Gasteiger partial charge in [0.1, 0.15) is 12.6 Å². The topological polar surface area (TPSA) is 131 Å². The van der Waals surface area contributed by atoms with Crippen molar-refractivity contribution in [2.45, 2.75) is 12.6 Å². The van der Waals surface area contributed by atoms with Crippen molar-refractivity contribution in [2.75, 3.05) is 13.2 Å². The van der Waals surface area contributed by atoms with Gasteiger partial charge in [-0.2, -0.15) is 0 Å². The first kappa shape index (κ1) is 19.9. The lowest BCUT2D eigenvalue weighted by Crippen LogP contribution is -2.41. The molecule has 2 aromatic carbocycles. The minimum atomic E-state index is -1.21. The maximum absolute atomic E-state index is 12.3. The average molecular weight is 373 g/mol. The monoisotopic (exact) mass is 373 g/mol. The van der Waals surface area contributed by atoms with E-state index in [0.29, 0.717) is 0 Å². The van der Waals surface area contributed by atoms with Gasteiger partial charge in [-0.25, -0.2) is 4.79 Å². The Balaban J connectivity index is 2.12. The van der Waals surface area contributed by atoms with Crippen LogP contribution in [-0.4, -0.2) is 35.2 Å². The molecule has 0 radical (unpaired) electrons. The number of carbonyl (C=O) groups is 2. The fourth-order valence-corrected chi connectivity index (χ4v) is 2.28. The SMILES string of the molecule is O=C(N[C@@H](C(=O)NCCO)c1cccc([N+](=O)[O-])c1)OCc1ccccc1. The van der Waals surface area contributed by atoms with Crippen molar-refractivity contribution in [3.05, 3.63) is 75.8 Å². The summed E-state index contributed by atoms with van der Waals surface area (Å²) in [5, 5.41) is 24.7. The van der Waals surface area contributed by atoms with Crippen LogP contribution in [0.2, 0.25) is 0 Å². The van der Waals surface area contributed by atoms with Gasteiger partial charge in [-0.3, -0.25) is 14.9 Å². The van der Waals surface area contributed by atoms with E-state index in [-0.39, 0.29) is 31.0 Å². The summed E-state index contributed by atoms with van der Waals surface area (Å²) in [5.74, 6) is -0.624. The standard InChI is InChI=1S/C18H19N3O6/c22-10-9-19-17(23)16(14-7-4-8-15(11-14)21(25)26)20-18(24)27-12-13-5-2-1-3-6-13/h1-8,11,16,22H,9-10,12H2,(H,19,23)(H,20,24)/t16-/m1/s1. The van der Waals surface area contributed by atoms with Gasteiger partial charge in [0, 0.05) is 18.7 Å². The molecule has 0 aliphatic heterocycles. The average Bonchev–Trinajstić information content (AvgIpc) is 2.69. The lowest BCUT2D eigenvalue weighted by atomic mass is 10.1. The fourth-order valence-electron chi connectivity index (χ4n) is 2.28. The lowest BCUT2D eigenvalue weighted by Gasteiger charge is -2.18. The number of nitrogens with zero attached hydrogens (tertiary/aromatic N) is 1. The Kier molecular flexibility index (Phi) is 7.26. The molecule has 27 heavy (non-hydrogen) atoms. The second-order valence-electron chi connectivity index (χ2n) is 5.51. The van der Waals surface area contributed by atoms with Crippen molar-refractivity contribution in [1.82, 2.24) is 10.6 Å². The third-order valence-corrected chi connectivity index (χ3v) is 3.56. The number of amides is 2. The number of alkyl carbamates (subject to hydrolysis) is 1. The first-order valence-electron chi connectivity index (χ1n) is 8.11. The Morgan fingerprint density at radius 2 is 1.89 bits per heavy atom. The van der Waals surface area contributed by atoms with Gasteiger partial charge in [0.05, 0.1) is 11.5 Å². The maximum Gasteiger partial charge on any atom is 0.408 e. The van der Waals surface area contributed by atoms with Crippen LogP contribution in [-0.2, 0) is 16.1 Å². The fraction of sp³-hybridized carbons (Fsp3) is 0.222. The molecule has 0 aromatic heterocycles. The van der Waals surface area contributed by atoms with Crippen molar-refractivity contribution < 1.29 is 24.4 Å². The highest BCUT2D eigenvalue weighted by Crippen LogP contribution is 2.20. The molecular formula is C18H19N3O6. The summed E-state index contributed by atoms with van der Waals surface area (Å²) in [6.07, 6.45) is -0.852.